The molecule has 0 saturated heterocycles. The van der Waals surface area contributed by atoms with Crippen molar-refractivity contribution < 1.29 is 14.4 Å². The molecule has 0 aliphatic carbocycles. The Morgan fingerprint density at radius 3 is 2.78 bits per heavy atom. The van der Waals surface area contributed by atoms with Crippen molar-refractivity contribution in [1.82, 2.24) is 9.71 Å². The van der Waals surface area contributed by atoms with Crippen LogP contribution >= 0.6 is 0 Å². The summed E-state index contributed by atoms with van der Waals surface area (Å²) in [5.74, 6) is 0. The lowest BCUT2D eigenvalue weighted by Gasteiger charge is -2.05. The molecule has 0 bridgehead atoms. The molecule has 1 heterocycles. The number of hydrogen-bond donors (Lipinski definition) is 1. The number of H-pyrrole nitrogens is 1. The monoisotopic (exact) mass is 250 g/mol. The van der Waals surface area contributed by atoms with Crippen LogP contribution in [0.5, 0.6) is 0 Å². The van der Waals surface area contributed by atoms with E-state index in [0.717, 1.165) is 0 Å². The van der Waals surface area contributed by atoms with Crippen LogP contribution < -0.4 is 16.1 Å². The van der Waals surface area contributed by atoms with E-state index in [1.165, 1.54) is 6.07 Å². The average Bonchev–Trinajstić information content (AvgIpc) is 2.35. The predicted octanol–water partition coefficient (Wildman–Crippen LogP) is 0.275. The van der Waals surface area contributed by atoms with Gasteiger partial charge in [0.15, 0.2) is 0 Å². The summed E-state index contributed by atoms with van der Waals surface area (Å²) >= 11 is 0. The van der Waals surface area contributed by atoms with Crippen molar-refractivity contribution in [2.75, 3.05) is 6.61 Å². The van der Waals surface area contributed by atoms with Gasteiger partial charge in [0.1, 0.15) is 0 Å². The summed E-state index contributed by atoms with van der Waals surface area (Å²) < 4.78 is 4.83. The van der Waals surface area contributed by atoms with E-state index in [0.29, 0.717) is 10.2 Å². The van der Waals surface area contributed by atoms with Gasteiger partial charge >= 0.3 is 11.8 Å². The summed E-state index contributed by atoms with van der Waals surface area (Å²) in [6.07, 6.45) is -1.11. The highest BCUT2D eigenvalue weighted by Crippen LogP contribution is 2.02. The second-order valence-corrected chi connectivity index (χ2v) is 3.35. The van der Waals surface area contributed by atoms with Crippen LogP contribution in [-0.4, -0.2) is 22.5 Å². The molecule has 0 amide bonds. The molecule has 0 fully saturated rings. The smallest absolute Gasteiger partial charge is 0.433 e. The summed E-state index contributed by atoms with van der Waals surface area (Å²) in [6.45, 7) is 1.66. The molecule has 1 aromatic heterocycles. The normalized spacial score (nSPS) is 10.3. The Hall–Kier alpha value is -2.57. The third kappa shape index (κ3) is 2.10. The van der Waals surface area contributed by atoms with Crippen LogP contribution in [0.25, 0.3) is 10.9 Å². The first-order chi connectivity index (χ1) is 8.63. The fourth-order valence-corrected chi connectivity index (χ4v) is 1.45. The summed E-state index contributed by atoms with van der Waals surface area (Å²) in [4.78, 5) is 41.5. The maximum Gasteiger partial charge on any atom is 0.534 e. The Balaban J connectivity index is 2.55. The zero-order valence-electron chi connectivity index (χ0n) is 9.50. The number of nitrogens with zero attached hydrogens (tertiary/aromatic N) is 1. The minimum atomic E-state index is -1.11. The van der Waals surface area contributed by atoms with Crippen molar-refractivity contribution >= 4 is 17.1 Å². The van der Waals surface area contributed by atoms with E-state index >= 15 is 0 Å². The van der Waals surface area contributed by atoms with Gasteiger partial charge in [-0.15, -0.1) is 0 Å². The Bertz CT molecular complexity index is 700. The number of para-hydroxylation sites is 1. The highest BCUT2D eigenvalue weighted by atomic mass is 16.8. The predicted molar refractivity (Wildman–Crippen MR) is 62.4 cm³/mol. The van der Waals surface area contributed by atoms with Crippen LogP contribution in [-0.2, 0) is 4.74 Å². The fraction of sp³-hybridized carbons (Fsp3) is 0.182. The SMILES string of the molecule is CCOC(=O)On1c(=O)[nH]c2ccccc2c1=O. The lowest BCUT2D eigenvalue weighted by atomic mass is 10.2. The molecular formula is C11H10N2O5. The molecule has 94 valence electrons. The van der Waals surface area contributed by atoms with Gasteiger partial charge in [-0.1, -0.05) is 16.9 Å². The largest absolute Gasteiger partial charge is 0.534 e. The van der Waals surface area contributed by atoms with Crippen molar-refractivity contribution in [2.45, 2.75) is 6.92 Å². The van der Waals surface area contributed by atoms with Gasteiger partial charge in [0.2, 0.25) is 0 Å². The first kappa shape index (κ1) is 11.9. The molecule has 0 spiro atoms. The van der Waals surface area contributed by atoms with Gasteiger partial charge in [-0.2, -0.15) is 0 Å². The Labute approximate surface area is 101 Å². The number of hydrogen-bond acceptors (Lipinski definition) is 5. The number of nitrogens with one attached hydrogen (secondary N) is 1. The summed E-state index contributed by atoms with van der Waals surface area (Å²) in [5.41, 5.74) is -1.19. The lowest BCUT2D eigenvalue weighted by molar-refractivity contribution is 0.0449. The van der Waals surface area contributed by atoms with Crippen molar-refractivity contribution in [2.24, 2.45) is 0 Å². The van der Waals surface area contributed by atoms with Crippen LogP contribution in [0, 0.1) is 0 Å². The second kappa shape index (κ2) is 4.74. The Morgan fingerprint density at radius 1 is 1.33 bits per heavy atom. The Kier molecular flexibility index (Phi) is 3.13. The molecular weight excluding hydrogens is 240 g/mol. The van der Waals surface area contributed by atoms with Gasteiger partial charge in [-0.3, -0.25) is 9.63 Å². The lowest BCUT2D eigenvalue weighted by Crippen LogP contribution is -2.42. The van der Waals surface area contributed by atoms with Crippen LogP contribution in [0.2, 0.25) is 0 Å². The zero-order valence-corrected chi connectivity index (χ0v) is 9.50. The van der Waals surface area contributed by atoms with Gasteiger partial charge in [-0.25, -0.2) is 9.59 Å². The molecule has 2 rings (SSSR count). The van der Waals surface area contributed by atoms with E-state index in [2.05, 4.69) is 14.6 Å². The number of rotatable bonds is 2. The number of ether oxygens (including phenoxy) is 1. The number of benzene rings is 1. The standard InChI is InChI=1S/C11H10N2O5/c1-2-17-11(16)18-13-9(14)7-5-3-4-6-8(7)12-10(13)15/h3-6H,2H2,1H3,(H,12,15). The second-order valence-electron chi connectivity index (χ2n) is 3.35. The first-order valence-corrected chi connectivity index (χ1v) is 5.22. The Morgan fingerprint density at radius 2 is 2.06 bits per heavy atom. The van der Waals surface area contributed by atoms with E-state index < -0.39 is 17.4 Å². The molecule has 7 heteroatoms. The van der Waals surface area contributed by atoms with E-state index in [1.54, 1.807) is 25.1 Å². The van der Waals surface area contributed by atoms with E-state index in [-0.39, 0.29) is 12.0 Å². The van der Waals surface area contributed by atoms with Crippen molar-refractivity contribution in [1.29, 1.82) is 0 Å². The summed E-state index contributed by atoms with van der Waals surface area (Å²) in [6, 6.07) is 6.40. The molecule has 1 N–H and O–H groups in total. The fourth-order valence-electron chi connectivity index (χ4n) is 1.45. The van der Waals surface area contributed by atoms with Gasteiger partial charge in [0.05, 0.1) is 17.5 Å². The van der Waals surface area contributed by atoms with E-state index in [4.69, 9.17) is 0 Å². The van der Waals surface area contributed by atoms with Crippen LogP contribution in [0.1, 0.15) is 6.92 Å². The topological polar surface area (TPSA) is 90.4 Å². The third-order valence-electron chi connectivity index (χ3n) is 2.20. The molecule has 0 unspecified atom stereocenters. The number of carbonyl (C=O) groups is 1. The molecule has 2 aromatic rings. The van der Waals surface area contributed by atoms with Crippen molar-refractivity contribution in [3.8, 4) is 0 Å². The van der Waals surface area contributed by atoms with Gasteiger partial charge in [0.25, 0.3) is 5.56 Å². The summed E-state index contributed by atoms with van der Waals surface area (Å²) in [7, 11) is 0. The third-order valence-corrected chi connectivity index (χ3v) is 2.20. The minimum Gasteiger partial charge on any atom is -0.433 e. The minimum absolute atomic E-state index is 0.0824. The molecule has 0 aliphatic heterocycles. The molecule has 18 heavy (non-hydrogen) atoms. The first-order valence-electron chi connectivity index (χ1n) is 5.22. The molecule has 0 radical (unpaired) electrons. The van der Waals surface area contributed by atoms with Crippen LogP contribution in [0.4, 0.5) is 4.79 Å². The number of fused-ring (bicyclic) bond motifs is 1. The number of aromatic amines is 1. The maximum atomic E-state index is 11.9. The summed E-state index contributed by atoms with van der Waals surface area (Å²) in [5, 5.41) is 0.237. The molecule has 1 aromatic carbocycles. The molecule has 0 aliphatic rings. The maximum absolute atomic E-state index is 11.9. The average molecular weight is 250 g/mol. The highest BCUT2D eigenvalue weighted by molar-refractivity contribution is 5.76. The quantitative estimate of drug-likeness (QED) is 0.773. The van der Waals surface area contributed by atoms with Gasteiger partial charge < -0.3 is 9.72 Å². The molecule has 0 saturated carbocycles. The number of carbonyl (C=O) groups excluding carboxylic acids is 1. The zero-order chi connectivity index (χ0) is 13.1. The number of aromatic nitrogens is 2. The van der Waals surface area contributed by atoms with Crippen LogP contribution in [0.15, 0.2) is 33.9 Å². The van der Waals surface area contributed by atoms with E-state index in [1.807, 2.05) is 0 Å². The highest BCUT2D eigenvalue weighted by Gasteiger charge is 2.12. The molecule has 0 atom stereocenters. The van der Waals surface area contributed by atoms with Crippen molar-refractivity contribution in [3.63, 3.8) is 0 Å². The van der Waals surface area contributed by atoms with Gasteiger partial charge in [-0.05, 0) is 19.1 Å². The van der Waals surface area contributed by atoms with Gasteiger partial charge in [0, 0.05) is 0 Å². The van der Waals surface area contributed by atoms with Crippen molar-refractivity contribution in [3.05, 3.63) is 45.1 Å². The van der Waals surface area contributed by atoms with E-state index in [9.17, 15) is 14.4 Å². The molecule has 7 nitrogen and oxygen atoms in total. The van der Waals surface area contributed by atoms with Crippen LogP contribution in [0.3, 0.4) is 0 Å².